The molecule has 1 aromatic heterocycles. The third-order valence-corrected chi connectivity index (χ3v) is 8.78. The average molecular weight is 482 g/mol. The van der Waals surface area contributed by atoms with Gasteiger partial charge in [-0.05, 0) is 86.4 Å². The lowest BCUT2D eigenvalue weighted by atomic mass is 9.92. The van der Waals surface area contributed by atoms with Crippen LogP contribution in [0.15, 0.2) is 56.6 Å². The number of hydrogen-bond donors (Lipinski definition) is 0. The quantitative estimate of drug-likeness (QED) is 0.318. The Labute approximate surface area is 198 Å². The maximum atomic E-state index is 13.2. The second kappa shape index (κ2) is 9.00. The summed E-state index contributed by atoms with van der Waals surface area (Å²) in [5.74, 6) is -0.495. The number of sulfonamides is 1. The average Bonchev–Trinajstić information content (AvgIpc) is 2.83. The lowest BCUT2D eigenvalue weighted by molar-refractivity contribution is -0.140. The third kappa shape index (κ3) is 4.40. The largest absolute Gasteiger partial charge is 0.426 e. The van der Waals surface area contributed by atoms with E-state index in [1.165, 1.54) is 22.0 Å². The fraction of sp³-hybridized carbons (Fsp3) is 0.385. The Morgan fingerprint density at radius 2 is 1.74 bits per heavy atom. The Balaban J connectivity index is 1.24. The zero-order chi connectivity index (χ0) is 23.9. The first-order valence-electron chi connectivity index (χ1n) is 11.7. The number of aryl methyl sites for hydroxylation is 3. The smallest absolute Gasteiger partial charge is 0.336 e. The summed E-state index contributed by atoms with van der Waals surface area (Å²) in [6.45, 7) is 2.35. The van der Waals surface area contributed by atoms with Crippen LogP contribution in [-0.4, -0.2) is 31.8 Å². The molecule has 2 aromatic carbocycles. The molecule has 2 aliphatic rings. The van der Waals surface area contributed by atoms with E-state index in [2.05, 4.69) is 0 Å². The number of nitrogens with zero attached hydrogens (tertiary/aromatic N) is 1. The second-order valence-corrected chi connectivity index (χ2v) is 11.1. The molecule has 0 radical (unpaired) electrons. The molecule has 3 aromatic rings. The van der Waals surface area contributed by atoms with Gasteiger partial charge >= 0.3 is 11.6 Å². The molecule has 0 amide bonds. The number of rotatable bonds is 4. The number of benzene rings is 2. The van der Waals surface area contributed by atoms with Crippen molar-refractivity contribution in [1.82, 2.24) is 4.31 Å². The van der Waals surface area contributed by atoms with Crippen molar-refractivity contribution in [3.8, 4) is 5.75 Å². The van der Waals surface area contributed by atoms with Crippen LogP contribution in [0.4, 0.5) is 0 Å². The molecular formula is C26H27NO6S. The van der Waals surface area contributed by atoms with Gasteiger partial charge in [0.1, 0.15) is 11.3 Å². The van der Waals surface area contributed by atoms with E-state index < -0.39 is 27.5 Å². The van der Waals surface area contributed by atoms with Crippen molar-refractivity contribution in [3.63, 3.8) is 0 Å². The molecular weight excluding hydrogens is 454 g/mol. The van der Waals surface area contributed by atoms with Gasteiger partial charge in [-0.15, -0.1) is 0 Å². The number of carbonyl (C=O) groups is 1. The van der Waals surface area contributed by atoms with E-state index in [0.717, 1.165) is 42.2 Å². The molecule has 0 atom stereocenters. The minimum absolute atomic E-state index is 0.269. The highest BCUT2D eigenvalue weighted by molar-refractivity contribution is 7.89. The molecule has 1 fully saturated rings. The Morgan fingerprint density at radius 3 is 2.50 bits per heavy atom. The molecule has 7 nitrogen and oxygen atoms in total. The number of esters is 1. The Morgan fingerprint density at radius 1 is 1.00 bits per heavy atom. The first-order valence-corrected chi connectivity index (χ1v) is 13.1. The molecule has 0 saturated carbocycles. The van der Waals surface area contributed by atoms with Gasteiger partial charge in [0.2, 0.25) is 10.0 Å². The van der Waals surface area contributed by atoms with Crippen molar-refractivity contribution < 1.29 is 22.4 Å². The van der Waals surface area contributed by atoms with E-state index in [1.54, 1.807) is 18.2 Å². The van der Waals surface area contributed by atoms with Gasteiger partial charge in [0.05, 0.1) is 10.8 Å². The van der Waals surface area contributed by atoms with Crippen molar-refractivity contribution in [1.29, 1.82) is 0 Å². The molecule has 1 aliphatic heterocycles. The number of fused-ring (bicyclic) bond motifs is 2. The summed E-state index contributed by atoms with van der Waals surface area (Å²) in [7, 11) is -3.60. The lowest BCUT2D eigenvalue weighted by Crippen LogP contribution is -2.41. The van der Waals surface area contributed by atoms with Crippen LogP contribution in [-0.2, 0) is 27.7 Å². The zero-order valence-corrected chi connectivity index (χ0v) is 19.9. The molecule has 0 bridgehead atoms. The third-order valence-electron chi connectivity index (χ3n) is 6.89. The van der Waals surface area contributed by atoms with Gasteiger partial charge < -0.3 is 9.15 Å². The molecule has 1 aliphatic carbocycles. The summed E-state index contributed by atoms with van der Waals surface area (Å²) in [6.07, 6.45) is 4.95. The number of carbonyl (C=O) groups excluding carboxylic acids is 1. The van der Waals surface area contributed by atoms with Gasteiger partial charge in [-0.3, -0.25) is 4.79 Å². The molecule has 178 valence electrons. The van der Waals surface area contributed by atoms with Crippen LogP contribution in [0.25, 0.3) is 11.0 Å². The summed E-state index contributed by atoms with van der Waals surface area (Å²) in [5, 5.41) is 0.778. The molecule has 0 spiro atoms. The maximum Gasteiger partial charge on any atom is 0.336 e. The molecule has 34 heavy (non-hydrogen) atoms. The Hall–Kier alpha value is -2.97. The minimum atomic E-state index is -3.60. The second-order valence-electron chi connectivity index (χ2n) is 9.14. The molecule has 5 rings (SSSR count). The number of piperidine rings is 1. The summed E-state index contributed by atoms with van der Waals surface area (Å²) < 4.78 is 38.6. The van der Waals surface area contributed by atoms with E-state index in [9.17, 15) is 18.0 Å². The van der Waals surface area contributed by atoms with Crippen molar-refractivity contribution in [3.05, 3.63) is 69.6 Å². The van der Waals surface area contributed by atoms with E-state index in [0.29, 0.717) is 29.1 Å². The van der Waals surface area contributed by atoms with E-state index in [4.69, 9.17) is 9.15 Å². The van der Waals surface area contributed by atoms with Gasteiger partial charge in [0.15, 0.2) is 0 Å². The normalized spacial score (nSPS) is 17.4. The van der Waals surface area contributed by atoms with Crippen molar-refractivity contribution in [2.24, 2.45) is 5.92 Å². The predicted octanol–water partition coefficient (Wildman–Crippen LogP) is 3.99. The maximum absolute atomic E-state index is 13.2. The van der Waals surface area contributed by atoms with Gasteiger partial charge in [-0.1, -0.05) is 6.07 Å². The minimum Gasteiger partial charge on any atom is -0.426 e. The highest BCUT2D eigenvalue weighted by Crippen LogP contribution is 2.29. The van der Waals surface area contributed by atoms with Gasteiger partial charge in [0.25, 0.3) is 0 Å². The highest BCUT2D eigenvalue weighted by Gasteiger charge is 2.33. The molecule has 0 N–H and O–H groups in total. The summed E-state index contributed by atoms with van der Waals surface area (Å²) in [4.78, 5) is 24.7. The summed E-state index contributed by atoms with van der Waals surface area (Å²) in [5.41, 5.74) is 3.07. The Kier molecular flexibility index (Phi) is 6.04. The van der Waals surface area contributed by atoms with Crippen LogP contribution in [0.5, 0.6) is 5.75 Å². The van der Waals surface area contributed by atoms with Gasteiger partial charge in [-0.25, -0.2) is 13.2 Å². The first kappa shape index (κ1) is 22.8. The monoisotopic (exact) mass is 481 g/mol. The van der Waals surface area contributed by atoms with Crippen LogP contribution in [0.2, 0.25) is 0 Å². The van der Waals surface area contributed by atoms with E-state index in [-0.39, 0.29) is 13.1 Å². The molecule has 2 heterocycles. The Bertz CT molecular complexity index is 1420. The zero-order valence-electron chi connectivity index (χ0n) is 19.1. The van der Waals surface area contributed by atoms with Crippen LogP contribution >= 0.6 is 0 Å². The fourth-order valence-corrected chi connectivity index (χ4v) is 6.44. The van der Waals surface area contributed by atoms with Crippen molar-refractivity contribution in [2.75, 3.05) is 13.1 Å². The topological polar surface area (TPSA) is 93.9 Å². The summed E-state index contributed by atoms with van der Waals surface area (Å²) >= 11 is 0. The number of ether oxygens (including phenoxy) is 1. The van der Waals surface area contributed by atoms with E-state index in [1.807, 2.05) is 19.1 Å². The molecule has 0 unspecified atom stereocenters. The predicted molar refractivity (Wildman–Crippen MR) is 127 cm³/mol. The first-order chi connectivity index (χ1) is 16.3. The van der Waals surface area contributed by atoms with Crippen LogP contribution in [0, 0.1) is 12.8 Å². The lowest BCUT2D eigenvalue weighted by Gasteiger charge is -2.30. The van der Waals surface area contributed by atoms with Crippen LogP contribution in [0.1, 0.15) is 42.4 Å². The SMILES string of the molecule is Cc1cc(=O)oc2cc(OC(=O)C3CCN(S(=O)(=O)c4ccc5c(c4)CCCC5)CC3)ccc12. The van der Waals surface area contributed by atoms with Crippen molar-refractivity contribution >= 4 is 27.0 Å². The van der Waals surface area contributed by atoms with Crippen LogP contribution in [0.3, 0.4) is 0 Å². The van der Waals surface area contributed by atoms with Gasteiger partial charge in [-0.2, -0.15) is 4.31 Å². The summed E-state index contributed by atoms with van der Waals surface area (Å²) in [6, 6.07) is 11.9. The van der Waals surface area contributed by atoms with Gasteiger partial charge in [0, 0.05) is 30.6 Å². The number of hydrogen-bond acceptors (Lipinski definition) is 6. The van der Waals surface area contributed by atoms with Crippen molar-refractivity contribution in [2.45, 2.75) is 50.3 Å². The van der Waals surface area contributed by atoms with Crippen LogP contribution < -0.4 is 10.4 Å². The molecule has 1 saturated heterocycles. The standard InChI is InChI=1S/C26H27NO6S/c1-17-14-25(28)33-24-16-21(7-9-23(17)24)32-26(29)19-10-12-27(13-11-19)34(30,31)22-8-6-18-4-2-3-5-20(18)15-22/h6-9,14-16,19H,2-5,10-13H2,1H3. The molecule has 8 heteroatoms. The van der Waals surface area contributed by atoms with E-state index >= 15 is 0 Å². The highest BCUT2D eigenvalue weighted by atomic mass is 32.2. The fourth-order valence-electron chi connectivity index (χ4n) is 4.92.